The molecule has 0 fully saturated rings. The monoisotopic (exact) mass is 286 g/mol. The second-order valence-electron chi connectivity index (χ2n) is 5.31. The lowest BCUT2D eigenvalue weighted by molar-refractivity contribution is -0.142. The third-order valence-electron chi connectivity index (χ3n) is 4.09. The van der Waals surface area contributed by atoms with Gasteiger partial charge in [0.1, 0.15) is 5.82 Å². The first kappa shape index (κ1) is 12.3. The highest BCUT2D eigenvalue weighted by molar-refractivity contribution is 5.71. The zero-order chi connectivity index (χ0) is 14.4. The summed E-state index contributed by atoms with van der Waals surface area (Å²) in [6.07, 6.45) is 2.92. The molecular formula is C15H14N2O4. The number of hydrogen-bond donors (Lipinski definition) is 1. The Balaban J connectivity index is 1.70. The van der Waals surface area contributed by atoms with Crippen molar-refractivity contribution in [2.24, 2.45) is 5.92 Å². The van der Waals surface area contributed by atoms with Gasteiger partial charge in [-0.05, 0) is 24.6 Å². The summed E-state index contributed by atoms with van der Waals surface area (Å²) < 4.78 is 12.8. The second kappa shape index (κ2) is 4.51. The van der Waals surface area contributed by atoms with Crippen molar-refractivity contribution in [3.05, 3.63) is 30.2 Å². The average molecular weight is 286 g/mol. The molecule has 0 aliphatic carbocycles. The minimum Gasteiger partial charge on any atom is -0.481 e. The number of carboxylic acids is 1. The number of carbonyl (C=O) groups is 1. The van der Waals surface area contributed by atoms with Crippen LogP contribution in [0.15, 0.2) is 24.4 Å². The minimum absolute atomic E-state index is 0.254. The molecule has 3 heterocycles. The van der Waals surface area contributed by atoms with Crippen LogP contribution in [-0.2, 0) is 17.8 Å². The number of aliphatic carboxylic acids is 1. The van der Waals surface area contributed by atoms with Crippen molar-refractivity contribution in [1.29, 1.82) is 0 Å². The fraction of sp³-hybridized carbons (Fsp3) is 0.333. The number of imidazole rings is 1. The summed E-state index contributed by atoms with van der Waals surface area (Å²) in [6, 6.07) is 5.80. The van der Waals surface area contributed by atoms with Crippen molar-refractivity contribution in [3.63, 3.8) is 0 Å². The topological polar surface area (TPSA) is 73.6 Å². The standard InChI is InChI=1S/C15H14N2O4/c18-15(19)10-3-4-17-11(7-16-14(17)6-10)9-1-2-12-13(5-9)21-8-20-12/h1-2,5,7,10H,3-4,6,8H2,(H,18,19). The van der Waals surface area contributed by atoms with Gasteiger partial charge in [-0.2, -0.15) is 0 Å². The lowest BCUT2D eigenvalue weighted by Gasteiger charge is -2.21. The molecule has 0 saturated carbocycles. The predicted molar refractivity (Wildman–Crippen MR) is 73.2 cm³/mol. The van der Waals surface area contributed by atoms with Crippen molar-refractivity contribution in [2.45, 2.75) is 19.4 Å². The number of rotatable bonds is 2. The Bertz CT molecular complexity index is 722. The maximum atomic E-state index is 11.1. The molecule has 0 amide bonds. The number of benzene rings is 1. The van der Waals surface area contributed by atoms with Gasteiger partial charge in [-0.15, -0.1) is 0 Å². The minimum atomic E-state index is -0.742. The van der Waals surface area contributed by atoms with E-state index in [4.69, 9.17) is 14.6 Å². The molecule has 2 aliphatic rings. The van der Waals surface area contributed by atoms with Crippen molar-refractivity contribution in [1.82, 2.24) is 9.55 Å². The van der Waals surface area contributed by atoms with Crippen molar-refractivity contribution >= 4 is 5.97 Å². The third kappa shape index (κ3) is 1.94. The fourth-order valence-corrected chi connectivity index (χ4v) is 2.93. The molecule has 2 aromatic rings. The van der Waals surface area contributed by atoms with Crippen LogP contribution in [0.4, 0.5) is 0 Å². The molecule has 4 rings (SSSR count). The molecule has 6 heteroatoms. The molecule has 0 saturated heterocycles. The van der Waals surface area contributed by atoms with E-state index in [0.29, 0.717) is 19.4 Å². The van der Waals surface area contributed by atoms with Crippen LogP contribution in [0.1, 0.15) is 12.2 Å². The molecule has 0 bridgehead atoms. The van der Waals surface area contributed by atoms with Gasteiger partial charge in [0.2, 0.25) is 6.79 Å². The smallest absolute Gasteiger partial charge is 0.307 e. The van der Waals surface area contributed by atoms with E-state index in [9.17, 15) is 4.79 Å². The molecule has 2 aliphatic heterocycles. The normalized spacial score (nSPS) is 19.3. The van der Waals surface area contributed by atoms with Gasteiger partial charge in [0.25, 0.3) is 0 Å². The van der Waals surface area contributed by atoms with E-state index in [1.165, 1.54) is 0 Å². The van der Waals surface area contributed by atoms with Gasteiger partial charge in [0.15, 0.2) is 11.5 Å². The highest BCUT2D eigenvalue weighted by Gasteiger charge is 2.27. The highest BCUT2D eigenvalue weighted by Crippen LogP contribution is 2.36. The Morgan fingerprint density at radius 1 is 1.33 bits per heavy atom. The van der Waals surface area contributed by atoms with Crippen LogP contribution >= 0.6 is 0 Å². The molecule has 1 unspecified atom stereocenters. The second-order valence-corrected chi connectivity index (χ2v) is 5.31. The van der Waals surface area contributed by atoms with Crippen LogP contribution in [-0.4, -0.2) is 27.4 Å². The summed E-state index contributed by atoms with van der Waals surface area (Å²) in [4.78, 5) is 15.5. The van der Waals surface area contributed by atoms with E-state index >= 15 is 0 Å². The molecule has 108 valence electrons. The molecule has 1 atom stereocenters. The maximum Gasteiger partial charge on any atom is 0.307 e. The van der Waals surface area contributed by atoms with Gasteiger partial charge < -0.3 is 19.1 Å². The number of hydrogen-bond acceptors (Lipinski definition) is 4. The Hall–Kier alpha value is -2.50. The molecule has 1 N–H and O–H groups in total. The summed E-state index contributed by atoms with van der Waals surface area (Å²) in [5, 5.41) is 9.13. The summed E-state index contributed by atoms with van der Waals surface area (Å²) in [5.74, 6) is 1.25. The van der Waals surface area contributed by atoms with Crippen LogP contribution in [0.5, 0.6) is 11.5 Å². The molecule has 1 aromatic carbocycles. The van der Waals surface area contributed by atoms with Crippen molar-refractivity contribution in [2.75, 3.05) is 6.79 Å². The molecular weight excluding hydrogens is 272 g/mol. The summed E-state index contributed by atoms with van der Waals surface area (Å²) in [6.45, 7) is 0.930. The molecule has 1 aromatic heterocycles. The quantitative estimate of drug-likeness (QED) is 0.913. The van der Waals surface area contributed by atoms with Gasteiger partial charge in [0.05, 0.1) is 17.8 Å². The fourth-order valence-electron chi connectivity index (χ4n) is 2.93. The van der Waals surface area contributed by atoms with Crippen molar-refractivity contribution in [3.8, 4) is 22.8 Å². The van der Waals surface area contributed by atoms with E-state index in [0.717, 1.165) is 28.6 Å². The molecule has 0 spiro atoms. The van der Waals surface area contributed by atoms with Crippen molar-refractivity contribution < 1.29 is 19.4 Å². The Kier molecular flexibility index (Phi) is 2.63. The Labute approximate surface area is 120 Å². The van der Waals surface area contributed by atoms with E-state index in [1.54, 1.807) is 6.20 Å². The van der Waals surface area contributed by atoms with Gasteiger partial charge >= 0.3 is 5.97 Å². The lowest BCUT2D eigenvalue weighted by atomic mass is 9.98. The van der Waals surface area contributed by atoms with Gasteiger partial charge in [-0.3, -0.25) is 4.79 Å². The first-order valence-corrected chi connectivity index (χ1v) is 6.89. The molecule has 21 heavy (non-hydrogen) atoms. The van der Waals surface area contributed by atoms with Crippen LogP contribution in [0, 0.1) is 5.92 Å². The van der Waals surface area contributed by atoms with Crippen LogP contribution < -0.4 is 9.47 Å². The Morgan fingerprint density at radius 2 is 2.19 bits per heavy atom. The molecule has 6 nitrogen and oxygen atoms in total. The van der Waals surface area contributed by atoms with Gasteiger partial charge in [-0.25, -0.2) is 4.98 Å². The maximum absolute atomic E-state index is 11.1. The first-order valence-electron chi connectivity index (χ1n) is 6.89. The van der Waals surface area contributed by atoms with Crippen LogP contribution in [0.3, 0.4) is 0 Å². The predicted octanol–water partition coefficient (Wildman–Crippen LogP) is 1.93. The zero-order valence-electron chi connectivity index (χ0n) is 11.3. The summed E-state index contributed by atoms with van der Waals surface area (Å²) in [5.41, 5.74) is 2.00. The number of aromatic nitrogens is 2. The summed E-state index contributed by atoms with van der Waals surface area (Å²) in [7, 11) is 0. The number of fused-ring (bicyclic) bond motifs is 2. The van der Waals surface area contributed by atoms with Crippen LogP contribution in [0.2, 0.25) is 0 Å². The van der Waals surface area contributed by atoms with E-state index in [2.05, 4.69) is 9.55 Å². The van der Waals surface area contributed by atoms with Crippen LogP contribution in [0.25, 0.3) is 11.3 Å². The van der Waals surface area contributed by atoms with Gasteiger partial charge in [-0.1, -0.05) is 0 Å². The number of carboxylic acid groups (broad SMARTS) is 1. The zero-order valence-corrected chi connectivity index (χ0v) is 11.3. The van der Waals surface area contributed by atoms with E-state index < -0.39 is 5.97 Å². The Morgan fingerprint density at radius 3 is 3.05 bits per heavy atom. The van der Waals surface area contributed by atoms with Gasteiger partial charge in [0, 0.05) is 18.5 Å². The molecule has 0 radical (unpaired) electrons. The first-order chi connectivity index (χ1) is 10.2. The third-order valence-corrected chi connectivity index (χ3v) is 4.09. The number of ether oxygens (including phenoxy) is 2. The highest BCUT2D eigenvalue weighted by atomic mass is 16.7. The largest absolute Gasteiger partial charge is 0.481 e. The van der Waals surface area contributed by atoms with E-state index in [1.807, 2.05) is 18.2 Å². The summed E-state index contributed by atoms with van der Waals surface area (Å²) >= 11 is 0. The average Bonchev–Trinajstić information content (AvgIpc) is 3.12. The lowest BCUT2D eigenvalue weighted by Crippen LogP contribution is -2.26. The number of nitrogens with zero attached hydrogens (tertiary/aromatic N) is 2. The SMILES string of the molecule is O=C(O)C1CCn2c(-c3ccc4c(c3)OCO4)cnc2C1. The van der Waals surface area contributed by atoms with E-state index in [-0.39, 0.29) is 12.7 Å².